The van der Waals surface area contributed by atoms with Gasteiger partial charge >= 0.3 is 0 Å². The minimum Gasteiger partial charge on any atom is -0.318 e. The summed E-state index contributed by atoms with van der Waals surface area (Å²) in [6, 6.07) is 13.7. The third kappa shape index (κ3) is 4.15. The fourth-order valence-corrected chi connectivity index (χ4v) is 4.72. The average molecular weight is 475 g/mol. The molecule has 0 saturated carbocycles. The van der Waals surface area contributed by atoms with Crippen LogP contribution < -0.4 is 0 Å². The quantitative estimate of drug-likeness (QED) is 0.391. The summed E-state index contributed by atoms with van der Waals surface area (Å²) in [5, 5.41) is 0.367. The SMILES string of the molecule is Cc1cc(/C=C2\SC(=O)N(Cc3c(F)cccc3Cl)C2=O)c(C)n1-c1ccc(Cl)cc1. The van der Waals surface area contributed by atoms with E-state index in [9.17, 15) is 14.0 Å². The average Bonchev–Trinajstić information content (AvgIpc) is 3.15. The lowest BCUT2D eigenvalue weighted by atomic mass is 10.2. The molecule has 0 bridgehead atoms. The Morgan fingerprint density at radius 3 is 2.45 bits per heavy atom. The van der Waals surface area contributed by atoms with Crippen molar-refractivity contribution in [2.45, 2.75) is 20.4 Å². The number of imide groups is 1. The zero-order valence-electron chi connectivity index (χ0n) is 16.7. The molecule has 1 fully saturated rings. The Morgan fingerprint density at radius 1 is 1.06 bits per heavy atom. The van der Waals surface area contributed by atoms with Crippen LogP contribution in [0, 0.1) is 19.7 Å². The molecule has 0 spiro atoms. The molecule has 1 saturated heterocycles. The molecule has 1 aromatic heterocycles. The van der Waals surface area contributed by atoms with Gasteiger partial charge in [0.15, 0.2) is 0 Å². The van der Waals surface area contributed by atoms with Gasteiger partial charge in [-0.3, -0.25) is 14.5 Å². The number of aromatic nitrogens is 1. The highest BCUT2D eigenvalue weighted by Gasteiger charge is 2.36. The number of rotatable bonds is 4. The van der Waals surface area contributed by atoms with E-state index in [-0.39, 0.29) is 22.0 Å². The topological polar surface area (TPSA) is 42.3 Å². The van der Waals surface area contributed by atoms with E-state index in [0.717, 1.165) is 39.3 Å². The highest BCUT2D eigenvalue weighted by Crippen LogP contribution is 2.35. The summed E-state index contributed by atoms with van der Waals surface area (Å²) in [6.45, 7) is 3.69. The zero-order chi connectivity index (χ0) is 22.3. The summed E-state index contributed by atoms with van der Waals surface area (Å²) >= 11 is 12.9. The van der Waals surface area contributed by atoms with Crippen molar-refractivity contribution in [1.29, 1.82) is 0 Å². The lowest BCUT2D eigenvalue weighted by Gasteiger charge is -2.14. The summed E-state index contributed by atoms with van der Waals surface area (Å²) in [7, 11) is 0. The molecule has 0 aliphatic carbocycles. The van der Waals surface area contributed by atoms with E-state index in [1.165, 1.54) is 18.2 Å². The monoisotopic (exact) mass is 474 g/mol. The molecule has 2 aromatic carbocycles. The maximum atomic E-state index is 14.1. The first kappa shape index (κ1) is 21.7. The van der Waals surface area contributed by atoms with Gasteiger partial charge in [-0.1, -0.05) is 29.3 Å². The van der Waals surface area contributed by atoms with Gasteiger partial charge in [0.25, 0.3) is 11.1 Å². The maximum absolute atomic E-state index is 14.1. The van der Waals surface area contributed by atoms with Gasteiger partial charge in [0.1, 0.15) is 5.82 Å². The van der Waals surface area contributed by atoms with Crippen LogP contribution >= 0.6 is 35.0 Å². The van der Waals surface area contributed by atoms with Crippen molar-refractivity contribution in [2.75, 3.05) is 0 Å². The predicted octanol–water partition coefficient (Wildman–Crippen LogP) is 6.78. The van der Waals surface area contributed by atoms with Crippen molar-refractivity contribution in [1.82, 2.24) is 9.47 Å². The number of carbonyl (C=O) groups is 2. The van der Waals surface area contributed by atoms with Gasteiger partial charge in [0.05, 0.1) is 11.4 Å². The molecule has 0 radical (unpaired) electrons. The number of benzene rings is 2. The number of hydrogen-bond acceptors (Lipinski definition) is 3. The molecule has 2 heterocycles. The smallest absolute Gasteiger partial charge is 0.293 e. The van der Waals surface area contributed by atoms with E-state index >= 15 is 0 Å². The number of amides is 2. The molecule has 31 heavy (non-hydrogen) atoms. The number of halogens is 3. The van der Waals surface area contributed by atoms with Crippen LogP contribution in [0.2, 0.25) is 10.0 Å². The largest absolute Gasteiger partial charge is 0.318 e. The van der Waals surface area contributed by atoms with Crippen LogP contribution in [0.3, 0.4) is 0 Å². The van der Waals surface area contributed by atoms with E-state index < -0.39 is 17.0 Å². The number of hydrogen-bond donors (Lipinski definition) is 0. The van der Waals surface area contributed by atoms with Crippen molar-refractivity contribution >= 4 is 52.2 Å². The van der Waals surface area contributed by atoms with Crippen molar-refractivity contribution in [2.24, 2.45) is 0 Å². The van der Waals surface area contributed by atoms with Crippen LogP contribution in [0.4, 0.5) is 9.18 Å². The lowest BCUT2D eigenvalue weighted by molar-refractivity contribution is -0.123. The lowest BCUT2D eigenvalue weighted by Crippen LogP contribution is -2.28. The Labute approximate surface area is 193 Å². The number of aryl methyl sites for hydroxylation is 1. The summed E-state index contributed by atoms with van der Waals surface area (Å²) in [4.78, 5) is 26.7. The molecule has 0 unspecified atom stereocenters. The summed E-state index contributed by atoms with van der Waals surface area (Å²) in [5.41, 5.74) is 3.78. The summed E-state index contributed by atoms with van der Waals surface area (Å²) in [6.07, 6.45) is 1.70. The Kier molecular flexibility index (Phi) is 5.97. The highest BCUT2D eigenvalue weighted by atomic mass is 35.5. The van der Waals surface area contributed by atoms with Gasteiger partial charge in [-0.15, -0.1) is 0 Å². The fraction of sp³-hybridized carbons (Fsp3) is 0.130. The van der Waals surface area contributed by atoms with Crippen molar-refractivity contribution in [3.05, 3.63) is 91.8 Å². The van der Waals surface area contributed by atoms with E-state index in [4.69, 9.17) is 23.2 Å². The minimum atomic E-state index is -0.554. The van der Waals surface area contributed by atoms with E-state index in [1.54, 1.807) is 6.08 Å². The van der Waals surface area contributed by atoms with Gasteiger partial charge < -0.3 is 4.57 Å². The second kappa shape index (κ2) is 8.54. The third-order valence-corrected chi connectivity index (χ3v) is 6.61. The predicted molar refractivity (Wildman–Crippen MR) is 123 cm³/mol. The molecule has 158 valence electrons. The standard InChI is InChI=1S/C23H17Cl2FN2O2S/c1-13-10-15(14(2)28(13)17-8-6-16(24)7-9-17)11-21-22(29)27(23(30)31-21)12-18-19(25)4-3-5-20(18)26/h3-11H,12H2,1-2H3/b21-11-. The molecule has 3 aromatic rings. The normalized spacial score (nSPS) is 15.4. The molecule has 2 amide bonds. The fourth-order valence-electron chi connectivity index (χ4n) is 3.54. The Hall–Kier alpha value is -2.54. The molecule has 1 aliphatic rings. The van der Waals surface area contributed by atoms with E-state index in [1.807, 2.05) is 48.7 Å². The minimum absolute atomic E-state index is 0.119. The Bertz CT molecular complexity index is 1210. The first-order valence-electron chi connectivity index (χ1n) is 9.39. The molecule has 0 N–H and O–H groups in total. The van der Waals surface area contributed by atoms with E-state index in [0.29, 0.717) is 5.02 Å². The van der Waals surface area contributed by atoms with E-state index in [2.05, 4.69) is 0 Å². The van der Waals surface area contributed by atoms with Crippen LogP contribution in [0.1, 0.15) is 22.5 Å². The molecule has 4 rings (SSSR count). The summed E-state index contributed by atoms with van der Waals surface area (Å²) in [5.74, 6) is -1.02. The Balaban J connectivity index is 1.64. The van der Waals surface area contributed by atoms with Gasteiger partial charge in [-0.2, -0.15) is 0 Å². The van der Waals surface area contributed by atoms with Crippen molar-refractivity contribution in [3.8, 4) is 5.69 Å². The number of nitrogens with zero attached hydrogens (tertiary/aromatic N) is 2. The van der Waals surface area contributed by atoms with Gasteiger partial charge in [0.2, 0.25) is 0 Å². The van der Waals surface area contributed by atoms with Crippen LogP contribution in [-0.4, -0.2) is 20.6 Å². The van der Waals surface area contributed by atoms with Crippen LogP contribution in [0.15, 0.2) is 53.4 Å². The van der Waals surface area contributed by atoms with Gasteiger partial charge in [-0.25, -0.2) is 4.39 Å². The second-order valence-corrected chi connectivity index (χ2v) is 8.94. The van der Waals surface area contributed by atoms with Crippen LogP contribution in [0.5, 0.6) is 0 Å². The molecule has 1 aliphatic heterocycles. The molecular formula is C23H17Cl2FN2O2S. The van der Waals surface area contributed by atoms with Crippen molar-refractivity contribution < 1.29 is 14.0 Å². The molecular weight excluding hydrogens is 458 g/mol. The number of thioether (sulfide) groups is 1. The van der Waals surface area contributed by atoms with Gasteiger partial charge in [0, 0.05) is 32.7 Å². The second-order valence-electron chi connectivity index (χ2n) is 7.11. The van der Waals surface area contributed by atoms with Crippen LogP contribution in [0.25, 0.3) is 11.8 Å². The molecule has 8 heteroatoms. The maximum Gasteiger partial charge on any atom is 0.293 e. The Morgan fingerprint density at radius 2 is 1.77 bits per heavy atom. The zero-order valence-corrected chi connectivity index (χ0v) is 19.0. The molecule has 0 atom stereocenters. The van der Waals surface area contributed by atoms with Crippen molar-refractivity contribution in [3.63, 3.8) is 0 Å². The third-order valence-electron chi connectivity index (χ3n) is 5.09. The first-order valence-corrected chi connectivity index (χ1v) is 11.0. The van der Waals surface area contributed by atoms with Crippen LogP contribution in [-0.2, 0) is 11.3 Å². The first-order chi connectivity index (χ1) is 14.8. The molecule has 4 nitrogen and oxygen atoms in total. The number of carbonyl (C=O) groups excluding carboxylic acids is 2. The van der Waals surface area contributed by atoms with Gasteiger partial charge in [-0.05, 0) is 79.7 Å². The highest BCUT2D eigenvalue weighted by molar-refractivity contribution is 8.18. The summed E-state index contributed by atoms with van der Waals surface area (Å²) < 4.78 is 16.2.